The molecule has 0 spiro atoms. The summed E-state index contributed by atoms with van der Waals surface area (Å²) in [4.78, 5) is 32.4. The maximum Gasteiger partial charge on any atom is 0.317 e. The molecule has 1 unspecified atom stereocenters. The molecule has 1 saturated carbocycles. The first-order valence-corrected chi connectivity index (χ1v) is 8.39. The van der Waals surface area contributed by atoms with Crippen molar-refractivity contribution in [3.63, 3.8) is 0 Å². The van der Waals surface area contributed by atoms with Crippen molar-refractivity contribution >= 4 is 11.9 Å². The van der Waals surface area contributed by atoms with Gasteiger partial charge in [-0.05, 0) is 37.8 Å². The van der Waals surface area contributed by atoms with Gasteiger partial charge in [-0.2, -0.15) is 0 Å². The third kappa shape index (κ3) is 4.00. The van der Waals surface area contributed by atoms with E-state index < -0.39 is 0 Å². The Kier molecular flexibility index (Phi) is 4.79. The molecule has 6 nitrogen and oxygen atoms in total. The summed E-state index contributed by atoms with van der Waals surface area (Å²) in [7, 11) is 0. The number of amides is 3. The molecule has 23 heavy (non-hydrogen) atoms. The molecule has 1 saturated heterocycles. The van der Waals surface area contributed by atoms with Crippen LogP contribution in [0.5, 0.6) is 0 Å². The Morgan fingerprint density at radius 2 is 1.96 bits per heavy atom. The highest BCUT2D eigenvalue weighted by Crippen LogP contribution is 2.31. The van der Waals surface area contributed by atoms with Gasteiger partial charge in [0.05, 0.1) is 6.04 Å². The predicted octanol–water partition coefficient (Wildman–Crippen LogP) is 1.80. The van der Waals surface area contributed by atoms with Crippen molar-refractivity contribution < 1.29 is 9.59 Å². The molecule has 2 heterocycles. The monoisotopic (exact) mass is 316 g/mol. The Morgan fingerprint density at radius 1 is 1.22 bits per heavy atom. The summed E-state index contributed by atoms with van der Waals surface area (Å²) in [6.07, 6.45) is 6.39. The molecule has 0 bridgehead atoms. The van der Waals surface area contributed by atoms with Crippen molar-refractivity contribution in [3.8, 4) is 0 Å². The highest BCUT2D eigenvalue weighted by molar-refractivity contribution is 5.81. The summed E-state index contributed by atoms with van der Waals surface area (Å²) in [5.74, 6) is 0.525. The van der Waals surface area contributed by atoms with Gasteiger partial charge in [0.25, 0.3) is 0 Å². The van der Waals surface area contributed by atoms with Crippen LogP contribution in [0.15, 0.2) is 24.5 Å². The van der Waals surface area contributed by atoms with Gasteiger partial charge in [-0.1, -0.05) is 6.07 Å². The SMILES string of the molecule is CC(NC(=O)N1CCCN(C(=O)C2CC2)CC1)c1cccnc1. The fraction of sp³-hybridized carbons (Fsp3) is 0.588. The number of carbonyl (C=O) groups is 2. The predicted molar refractivity (Wildman–Crippen MR) is 86.7 cm³/mol. The molecule has 0 aromatic carbocycles. The lowest BCUT2D eigenvalue weighted by atomic mass is 10.1. The Hall–Kier alpha value is -2.11. The number of hydrogen-bond donors (Lipinski definition) is 1. The Morgan fingerprint density at radius 3 is 2.65 bits per heavy atom. The van der Waals surface area contributed by atoms with Gasteiger partial charge in [-0.15, -0.1) is 0 Å². The first-order chi connectivity index (χ1) is 11.1. The standard InChI is InChI=1S/C17H24N4O2/c1-13(15-4-2-7-18-12-15)19-17(23)21-9-3-8-20(10-11-21)16(22)14-5-6-14/h2,4,7,12-14H,3,5-6,8-11H2,1H3,(H,19,23). The number of hydrogen-bond acceptors (Lipinski definition) is 3. The van der Waals surface area contributed by atoms with Crippen LogP contribution >= 0.6 is 0 Å². The second-order valence-electron chi connectivity index (χ2n) is 6.40. The van der Waals surface area contributed by atoms with Crippen LogP contribution in [0.1, 0.15) is 37.8 Å². The smallest absolute Gasteiger partial charge is 0.317 e. The normalized spacial score (nSPS) is 19.9. The second kappa shape index (κ2) is 6.98. The van der Waals surface area contributed by atoms with E-state index in [-0.39, 0.29) is 23.9 Å². The molecule has 3 rings (SSSR count). The third-order valence-corrected chi connectivity index (χ3v) is 4.55. The zero-order valence-corrected chi connectivity index (χ0v) is 13.6. The van der Waals surface area contributed by atoms with Crippen molar-refractivity contribution in [2.24, 2.45) is 5.92 Å². The van der Waals surface area contributed by atoms with Crippen LogP contribution in [-0.4, -0.2) is 52.9 Å². The van der Waals surface area contributed by atoms with Gasteiger partial charge in [-0.25, -0.2) is 4.79 Å². The number of carbonyl (C=O) groups excluding carboxylic acids is 2. The van der Waals surface area contributed by atoms with Crippen LogP contribution in [0.4, 0.5) is 4.79 Å². The number of nitrogens with one attached hydrogen (secondary N) is 1. The lowest BCUT2D eigenvalue weighted by Gasteiger charge is -2.24. The summed E-state index contributed by atoms with van der Waals surface area (Å²) in [6, 6.07) is 3.67. The number of aromatic nitrogens is 1. The highest BCUT2D eigenvalue weighted by atomic mass is 16.2. The average Bonchev–Trinajstić information content (AvgIpc) is 3.41. The quantitative estimate of drug-likeness (QED) is 0.924. The molecule has 1 aromatic heterocycles. The average molecular weight is 316 g/mol. The molecule has 1 aromatic rings. The van der Waals surface area contributed by atoms with Crippen LogP contribution in [0.25, 0.3) is 0 Å². The largest absolute Gasteiger partial charge is 0.341 e. The Bertz CT molecular complexity index is 559. The minimum atomic E-state index is -0.0800. The van der Waals surface area contributed by atoms with Gasteiger partial charge in [-0.3, -0.25) is 9.78 Å². The zero-order valence-electron chi connectivity index (χ0n) is 13.6. The van der Waals surface area contributed by atoms with E-state index in [9.17, 15) is 9.59 Å². The van der Waals surface area contributed by atoms with Gasteiger partial charge in [0, 0.05) is 44.5 Å². The number of pyridine rings is 1. The van der Waals surface area contributed by atoms with Crippen molar-refractivity contribution in [2.45, 2.75) is 32.2 Å². The number of urea groups is 1. The molecule has 1 N–H and O–H groups in total. The second-order valence-corrected chi connectivity index (χ2v) is 6.40. The van der Waals surface area contributed by atoms with Gasteiger partial charge in [0.15, 0.2) is 0 Å². The fourth-order valence-electron chi connectivity index (χ4n) is 2.92. The minimum Gasteiger partial charge on any atom is -0.341 e. The van der Waals surface area contributed by atoms with Gasteiger partial charge in [0.2, 0.25) is 5.91 Å². The van der Waals surface area contributed by atoms with Crippen molar-refractivity contribution in [1.29, 1.82) is 0 Å². The van der Waals surface area contributed by atoms with Crippen LogP contribution in [0.3, 0.4) is 0 Å². The van der Waals surface area contributed by atoms with Gasteiger partial charge in [0.1, 0.15) is 0 Å². The van der Waals surface area contributed by atoms with Gasteiger partial charge < -0.3 is 15.1 Å². The summed E-state index contributed by atoms with van der Waals surface area (Å²) >= 11 is 0. The molecule has 0 radical (unpaired) electrons. The van der Waals surface area contributed by atoms with Crippen molar-refractivity contribution in [2.75, 3.05) is 26.2 Å². The third-order valence-electron chi connectivity index (χ3n) is 4.55. The van der Waals surface area contributed by atoms with E-state index in [4.69, 9.17) is 0 Å². The van der Waals surface area contributed by atoms with Gasteiger partial charge >= 0.3 is 6.03 Å². The van der Waals surface area contributed by atoms with E-state index in [2.05, 4.69) is 10.3 Å². The van der Waals surface area contributed by atoms with E-state index in [0.29, 0.717) is 19.6 Å². The lowest BCUT2D eigenvalue weighted by Crippen LogP contribution is -2.43. The molecule has 6 heteroatoms. The number of nitrogens with zero attached hydrogens (tertiary/aromatic N) is 3. The molecular formula is C17H24N4O2. The first-order valence-electron chi connectivity index (χ1n) is 8.39. The molecule has 2 aliphatic rings. The van der Waals surface area contributed by atoms with E-state index >= 15 is 0 Å². The van der Waals surface area contributed by atoms with E-state index in [1.807, 2.05) is 28.9 Å². The maximum absolute atomic E-state index is 12.4. The summed E-state index contributed by atoms with van der Waals surface area (Å²) in [5, 5.41) is 3.02. The van der Waals surface area contributed by atoms with Crippen LogP contribution in [0.2, 0.25) is 0 Å². The highest BCUT2D eigenvalue weighted by Gasteiger charge is 2.34. The maximum atomic E-state index is 12.4. The van der Waals surface area contributed by atoms with E-state index in [1.54, 1.807) is 12.4 Å². The molecule has 1 atom stereocenters. The fourth-order valence-corrected chi connectivity index (χ4v) is 2.92. The Labute approximate surface area is 136 Å². The van der Waals surface area contributed by atoms with Crippen molar-refractivity contribution in [3.05, 3.63) is 30.1 Å². The minimum absolute atomic E-state index is 0.0675. The molecule has 1 aliphatic heterocycles. The van der Waals surface area contributed by atoms with Crippen molar-refractivity contribution in [1.82, 2.24) is 20.1 Å². The number of rotatable bonds is 3. The van der Waals surface area contributed by atoms with Crippen LogP contribution in [0, 0.1) is 5.92 Å². The Balaban J connectivity index is 1.52. The van der Waals surface area contributed by atoms with E-state index in [1.165, 1.54) is 0 Å². The molecule has 1 aliphatic carbocycles. The topological polar surface area (TPSA) is 65.5 Å². The van der Waals surface area contributed by atoms with Crippen LogP contribution < -0.4 is 5.32 Å². The first kappa shape index (κ1) is 15.8. The summed E-state index contributed by atoms with van der Waals surface area (Å²) in [6.45, 7) is 4.65. The molecule has 3 amide bonds. The lowest BCUT2D eigenvalue weighted by molar-refractivity contribution is -0.132. The van der Waals surface area contributed by atoms with Crippen LogP contribution in [-0.2, 0) is 4.79 Å². The molecule has 2 fully saturated rings. The summed E-state index contributed by atoms with van der Waals surface area (Å²) in [5.41, 5.74) is 0.987. The molecule has 124 valence electrons. The molecular weight excluding hydrogens is 292 g/mol. The zero-order chi connectivity index (χ0) is 16.2. The van der Waals surface area contributed by atoms with E-state index in [0.717, 1.165) is 31.4 Å². The summed E-state index contributed by atoms with van der Waals surface area (Å²) < 4.78 is 0.